The van der Waals surface area contributed by atoms with Crippen molar-refractivity contribution in [2.24, 2.45) is 10.2 Å². The zero-order valence-corrected chi connectivity index (χ0v) is 10.7. The Bertz CT molecular complexity index is 547. The van der Waals surface area contributed by atoms with Crippen LogP contribution in [0.15, 0.2) is 27.8 Å². The maximum atomic E-state index is 11.2. The van der Waals surface area contributed by atoms with Crippen LogP contribution in [0.1, 0.15) is 5.69 Å². The molecule has 2 heterocycles. The van der Waals surface area contributed by atoms with Crippen molar-refractivity contribution in [2.75, 3.05) is 20.3 Å². The molecular formula is C11H14N4O4. The van der Waals surface area contributed by atoms with E-state index in [9.17, 15) is 9.90 Å². The van der Waals surface area contributed by atoms with Crippen molar-refractivity contribution < 1.29 is 19.4 Å². The summed E-state index contributed by atoms with van der Waals surface area (Å²) in [6.45, 7) is 2.86. The van der Waals surface area contributed by atoms with Gasteiger partial charge in [0.2, 0.25) is 5.70 Å². The second kappa shape index (κ2) is 5.61. The molecule has 0 spiro atoms. The molecule has 2 rings (SSSR count). The van der Waals surface area contributed by atoms with E-state index < -0.39 is 5.97 Å². The van der Waals surface area contributed by atoms with Crippen molar-refractivity contribution in [1.29, 1.82) is 0 Å². The molecule has 0 unspecified atom stereocenters. The molecule has 1 aliphatic rings. The summed E-state index contributed by atoms with van der Waals surface area (Å²) in [5, 5.41) is 21.0. The van der Waals surface area contributed by atoms with Crippen molar-refractivity contribution in [1.82, 2.24) is 9.78 Å². The Kier molecular flexibility index (Phi) is 3.91. The molecule has 0 atom stereocenters. The molecular weight excluding hydrogens is 252 g/mol. The van der Waals surface area contributed by atoms with E-state index >= 15 is 0 Å². The third-order valence-electron chi connectivity index (χ3n) is 2.53. The molecule has 8 nitrogen and oxygen atoms in total. The third-order valence-corrected chi connectivity index (χ3v) is 2.53. The second-order valence-corrected chi connectivity index (χ2v) is 3.93. The summed E-state index contributed by atoms with van der Waals surface area (Å²) in [5.41, 5.74) is 0.724. The van der Waals surface area contributed by atoms with Gasteiger partial charge in [-0.05, 0) is 6.92 Å². The molecule has 1 aromatic rings. The first kappa shape index (κ1) is 13.2. The molecule has 1 aromatic heterocycles. The molecule has 0 aliphatic carbocycles. The lowest BCUT2D eigenvalue weighted by Crippen LogP contribution is -2.06. The Balaban J connectivity index is 2.11. The molecule has 19 heavy (non-hydrogen) atoms. The molecule has 0 saturated heterocycles. The quantitative estimate of drug-likeness (QED) is 0.638. The van der Waals surface area contributed by atoms with E-state index in [1.54, 1.807) is 17.9 Å². The first-order valence-electron chi connectivity index (χ1n) is 5.66. The number of ether oxygens (including phenoxy) is 2. The highest BCUT2D eigenvalue weighted by Gasteiger charge is 2.24. The molecule has 1 N–H and O–H groups in total. The van der Waals surface area contributed by atoms with Crippen LogP contribution in [0.4, 0.5) is 5.82 Å². The lowest BCUT2D eigenvalue weighted by Gasteiger charge is -2.01. The predicted octanol–water partition coefficient (Wildman–Crippen LogP) is 1.25. The summed E-state index contributed by atoms with van der Waals surface area (Å²) >= 11 is 0. The number of carbonyl (C=O) groups is 1. The van der Waals surface area contributed by atoms with E-state index in [1.165, 1.54) is 0 Å². The first-order chi connectivity index (χ1) is 9.11. The van der Waals surface area contributed by atoms with Gasteiger partial charge in [-0.1, -0.05) is 0 Å². The molecule has 0 aromatic carbocycles. The molecule has 0 bridgehead atoms. The van der Waals surface area contributed by atoms with Crippen LogP contribution in [0.2, 0.25) is 0 Å². The van der Waals surface area contributed by atoms with Gasteiger partial charge in [0.05, 0.1) is 13.2 Å². The van der Waals surface area contributed by atoms with E-state index in [4.69, 9.17) is 4.74 Å². The average molecular weight is 266 g/mol. The number of aromatic nitrogens is 2. The van der Waals surface area contributed by atoms with Crippen molar-refractivity contribution in [2.45, 2.75) is 13.5 Å². The fourth-order valence-corrected chi connectivity index (χ4v) is 1.53. The van der Waals surface area contributed by atoms with E-state index in [0.717, 1.165) is 5.69 Å². The van der Waals surface area contributed by atoms with Crippen LogP contribution in [-0.2, 0) is 20.8 Å². The van der Waals surface area contributed by atoms with Crippen LogP contribution in [0.5, 0.6) is 0 Å². The summed E-state index contributed by atoms with van der Waals surface area (Å²) in [5.74, 6) is -0.547. The minimum Gasteiger partial charge on any atom is -0.506 e. The number of carbonyl (C=O) groups excluding carboxylic acids is 1. The normalized spacial score (nSPS) is 15.6. The maximum Gasteiger partial charge on any atom is 0.362 e. The van der Waals surface area contributed by atoms with Gasteiger partial charge in [0.25, 0.3) is 0 Å². The molecule has 0 radical (unpaired) electrons. The van der Waals surface area contributed by atoms with Gasteiger partial charge in [-0.2, -0.15) is 5.10 Å². The van der Waals surface area contributed by atoms with E-state index in [0.29, 0.717) is 19.0 Å². The number of aliphatic hydroxyl groups is 1. The number of methoxy groups -OCH3 is 1. The topological polar surface area (TPSA) is 98.3 Å². The molecule has 8 heteroatoms. The average Bonchev–Trinajstić information content (AvgIpc) is 2.89. The van der Waals surface area contributed by atoms with Crippen molar-refractivity contribution in [3.05, 3.63) is 23.2 Å². The standard InChI is InChI=1S/C11H14N4O4/c1-7-5-9(14-15(7)3-4-18-2)12-13-10-8(16)6-19-11(10)17/h5,16H,3-4,6H2,1-2H3. The number of cyclic esters (lactones) is 1. The van der Waals surface area contributed by atoms with Gasteiger partial charge in [0.1, 0.15) is 0 Å². The highest BCUT2D eigenvalue weighted by molar-refractivity contribution is 5.90. The Morgan fingerprint density at radius 2 is 2.37 bits per heavy atom. The van der Waals surface area contributed by atoms with Crippen molar-refractivity contribution in [3.63, 3.8) is 0 Å². The lowest BCUT2D eigenvalue weighted by molar-refractivity contribution is -0.136. The Labute approximate surface area is 109 Å². The van der Waals surface area contributed by atoms with Crippen molar-refractivity contribution in [3.8, 4) is 0 Å². The Morgan fingerprint density at radius 1 is 1.58 bits per heavy atom. The number of nitrogens with zero attached hydrogens (tertiary/aromatic N) is 4. The number of esters is 1. The summed E-state index contributed by atoms with van der Waals surface area (Å²) in [6.07, 6.45) is 0. The number of rotatable bonds is 5. The largest absolute Gasteiger partial charge is 0.506 e. The number of hydrogen-bond donors (Lipinski definition) is 1. The number of hydrogen-bond acceptors (Lipinski definition) is 7. The van der Waals surface area contributed by atoms with E-state index in [-0.39, 0.29) is 18.1 Å². The number of azo groups is 1. The molecule has 0 fully saturated rings. The van der Waals surface area contributed by atoms with Crippen LogP contribution in [0.25, 0.3) is 0 Å². The monoisotopic (exact) mass is 266 g/mol. The van der Waals surface area contributed by atoms with Gasteiger partial charge in [-0.15, -0.1) is 10.2 Å². The van der Waals surface area contributed by atoms with Gasteiger partial charge in [-0.25, -0.2) is 4.79 Å². The van der Waals surface area contributed by atoms with Crippen LogP contribution >= 0.6 is 0 Å². The highest BCUT2D eigenvalue weighted by atomic mass is 16.5. The minimum absolute atomic E-state index is 0.158. The van der Waals surface area contributed by atoms with E-state index in [1.807, 2.05) is 6.92 Å². The molecule has 0 amide bonds. The lowest BCUT2D eigenvalue weighted by atomic mass is 10.4. The molecule has 1 aliphatic heterocycles. The highest BCUT2D eigenvalue weighted by Crippen LogP contribution is 2.18. The van der Waals surface area contributed by atoms with Crippen LogP contribution in [-0.4, -0.2) is 41.2 Å². The zero-order chi connectivity index (χ0) is 13.8. The van der Waals surface area contributed by atoms with Crippen LogP contribution in [0.3, 0.4) is 0 Å². The van der Waals surface area contributed by atoms with Gasteiger partial charge < -0.3 is 14.6 Å². The SMILES string of the molecule is COCCn1nc(N=NC2=C(O)COC2=O)cc1C. The van der Waals surface area contributed by atoms with Gasteiger partial charge >= 0.3 is 5.97 Å². The minimum atomic E-state index is -0.684. The van der Waals surface area contributed by atoms with Crippen LogP contribution < -0.4 is 0 Å². The fourth-order valence-electron chi connectivity index (χ4n) is 1.53. The van der Waals surface area contributed by atoms with Gasteiger partial charge in [0.15, 0.2) is 18.2 Å². The summed E-state index contributed by atoms with van der Waals surface area (Å²) in [4.78, 5) is 11.2. The Hall–Kier alpha value is -2.22. The predicted molar refractivity (Wildman–Crippen MR) is 64.0 cm³/mol. The number of aryl methyl sites for hydroxylation is 1. The summed E-state index contributed by atoms with van der Waals surface area (Å²) < 4.78 is 11.3. The van der Waals surface area contributed by atoms with Crippen LogP contribution in [0, 0.1) is 6.92 Å². The summed E-state index contributed by atoms with van der Waals surface area (Å²) in [7, 11) is 1.61. The number of aliphatic hydroxyl groups excluding tert-OH is 1. The zero-order valence-electron chi connectivity index (χ0n) is 10.7. The van der Waals surface area contributed by atoms with Crippen molar-refractivity contribution >= 4 is 11.8 Å². The Morgan fingerprint density at radius 3 is 3.00 bits per heavy atom. The first-order valence-corrected chi connectivity index (χ1v) is 5.66. The smallest absolute Gasteiger partial charge is 0.362 e. The fraction of sp³-hybridized carbons (Fsp3) is 0.455. The summed E-state index contributed by atoms with van der Waals surface area (Å²) in [6, 6.07) is 1.72. The third kappa shape index (κ3) is 2.97. The molecule has 0 saturated carbocycles. The van der Waals surface area contributed by atoms with E-state index in [2.05, 4.69) is 20.1 Å². The van der Waals surface area contributed by atoms with Gasteiger partial charge in [0, 0.05) is 18.9 Å². The second-order valence-electron chi connectivity index (χ2n) is 3.93. The molecule has 102 valence electrons. The maximum absolute atomic E-state index is 11.2. The van der Waals surface area contributed by atoms with Gasteiger partial charge in [-0.3, -0.25) is 4.68 Å².